The summed E-state index contributed by atoms with van der Waals surface area (Å²) in [6, 6.07) is 5.51. The Morgan fingerprint density at radius 2 is 1.94 bits per heavy atom. The highest BCUT2D eigenvalue weighted by Gasteiger charge is 2.18. The van der Waals surface area contributed by atoms with Gasteiger partial charge in [0.25, 0.3) is 0 Å². The van der Waals surface area contributed by atoms with Crippen LogP contribution < -0.4 is 4.72 Å². The Bertz CT molecular complexity index is 523. The van der Waals surface area contributed by atoms with Gasteiger partial charge >= 0.3 is 0 Å². The van der Waals surface area contributed by atoms with E-state index in [1.165, 1.54) is 0 Å². The van der Waals surface area contributed by atoms with Crippen molar-refractivity contribution in [3.63, 3.8) is 0 Å². The third-order valence-electron chi connectivity index (χ3n) is 2.32. The molecule has 6 heteroatoms. The smallest absolute Gasteiger partial charge is 0.232 e. The Morgan fingerprint density at radius 3 is 2.44 bits per heavy atom. The van der Waals surface area contributed by atoms with E-state index in [0.717, 1.165) is 8.04 Å². The molecular formula is C12H17BrINO2S. The number of anilines is 1. The van der Waals surface area contributed by atoms with Crippen molar-refractivity contribution < 1.29 is 8.42 Å². The first kappa shape index (κ1) is 16.2. The summed E-state index contributed by atoms with van der Waals surface area (Å²) in [5, 5.41) is 0. The molecule has 1 N–H and O–H groups in total. The molecule has 0 radical (unpaired) electrons. The molecule has 0 spiro atoms. The molecule has 0 aliphatic carbocycles. The van der Waals surface area contributed by atoms with Gasteiger partial charge in [-0.15, -0.1) is 0 Å². The average Bonchev–Trinajstić information content (AvgIpc) is 2.19. The van der Waals surface area contributed by atoms with E-state index in [-0.39, 0.29) is 11.2 Å². The first-order valence-corrected chi connectivity index (χ1v) is 9.07. The molecule has 0 aliphatic heterocycles. The van der Waals surface area contributed by atoms with Crippen molar-refractivity contribution in [2.75, 3.05) is 10.5 Å². The third-order valence-corrected chi connectivity index (χ3v) is 4.92. The van der Waals surface area contributed by atoms with Gasteiger partial charge in [-0.1, -0.05) is 20.8 Å². The second kappa shape index (κ2) is 6.09. The fourth-order valence-corrected chi connectivity index (χ4v) is 4.26. The summed E-state index contributed by atoms with van der Waals surface area (Å²) in [5.74, 6) is 0.134. The molecule has 0 saturated carbocycles. The van der Waals surface area contributed by atoms with Crippen LogP contribution in [0, 0.1) is 8.99 Å². The average molecular weight is 446 g/mol. The van der Waals surface area contributed by atoms with Gasteiger partial charge in [0.05, 0.1) is 11.4 Å². The highest BCUT2D eigenvalue weighted by molar-refractivity contribution is 14.1. The van der Waals surface area contributed by atoms with Crippen molar-refractivity contribution in [3.05, 3.63) is 26.2 Å². The molecule has 0 amide bonds. The number of halogens is 2. The van der Waals surface area contributed by atoms with Crippen LogP contribution in [0.25, 0.3) is 0 Å². The van der Waals surface area contributed by atoms with Gasteiger partial charge in [0.1, 0.15) is 0 Å². The molecule has 18 heavy (non-hydrogen) atoms. The summed E-state index contributed by atoms with van der Waals surface area (Å²) >= 11 is 5.54. The van der Waals surface area contributed by atoms with Gasteiger partial charge < -0.3 is 0 Å². The molecule has 0 aromatic heterocycles. The van der Waals surface area contributed by atoms with E-state index in [2.05, 4.69) is 43.2 Å². The quantitative estimate of drug-likeness (QED) is 0.704. The van der Waals surface area contributed by atoms with E-state index in [0.29, 0.717) is 12.1 Å². The minimum Gasteiger partial charge on any atom is -0.282 e. The Kier molecular flexibility index (Phi) is 5.49. The molecule has 1 aromatic carbocycles. The van der Waals surface area contributed by atoms with Crippen LogP contribution in [0.15, 0.2) is 22.7 Å². The van der Waals surface area contributed by atoms with Crippen molar-refractivity contribution in [1.82, 2.24) is 0 Å². The maximum absolute atomic E-state index is 11.9. The van der Waals surface area contributed by atoms with E-state index in [1.54, 1.807) is 6.07 Å². The van der Waals surface area contributed by atoms with E-state index >= 15 is 0 Å². The topological polar surface area (TPSA) is 46.2 Å². The van der Waals surface area contributed by atoms with E-state index < -0.39 is 10.0 Å². The SMILES string of the molecule is CC(C)(C)CCS(=O)(=O)Nc1ccc(I)cc1Br. The van der Waals surface area contributed by atoms with Gasteiger partial charge in [0, 0.05) is 8.04 Å². The van der Waals surface area contributed by atoms with E-state index in [4.69, 9.17) is 0 Å². The molecule has 1 rings (SSSR count). The van der Waals surface area contributed by atoms with E-state index in [9.17, 15) is 8.42 Å². The van der Waals surface area contributed by atoms with Gasteiger partial charge in [-0.05, 0) is 68.6 Å². The third kappa shape index (κ3) is 5.88. The van der Waals surface area contributed by atoms with Gasteiger partial charge in [-0.3, -0.25) is 4.72 Å². The van der Waals surface area contributed by atoms with Crippen molar-refractivity contribution in [2.24, 2.45) is 5.41 Å². The predicted octanol–water partition coefficient (Wildman–Crippen LogP) is 4.23. The van der Waals surface area contributed by atoms with Crippen LogP contribution in [-0.2, 0) is 10.0 Å². The molecule has 0 heterocycles. The zero-order chi connectivity index (χ0) is 14.0. The molecule has 0 aliphatic rings. The number of rotatable bonds is 4. The zero-order valence-electron chi connectivity index (χ0n) is 10.6. The largest absolute Gasteiger partial charge is 0.282 e. The standard InChI is InChI=1S/C12H17BrINO2S/c1-12(2,3)6-7-18(16,17)15-11-5-4-9(14)8-10(11)13/h4-5,8,15H,6-7H2,1-3H3. The Hall–Kier alpha value is 0.180. The van der Waals surface area contributed by atoms with Crippen molar-refractivity contribution in [2.45, 2.75) is 27.2 Å². The first-order valence-electron chi connectivity index (χ1n) is 5.55. The van der Waals surface area contributed by atoms with Crippen molar-refractivity contribution >= 4 is 54.2 Å². The molecular weight excluding hydrogens is 429 g/mol. The monoisotopic (exact) mass is 445 g/mol. The number of sulfonamides is 1. The summed E-state index contributed by atoms with van der Waals surface area (Å²) in [6.45, 7) is 6.09. The zero-order valence-corrected chi connectivity index (χ0v) is 15.2. The normalized spacial score (nSPS) is 12.5. The Balaban J connectivity index is 2.77. The number of hydrogen-bond acceptors (Lipinski definition) is 2. The highest BCUT2D eigenvalue weighted by Crippen LogP contribution is 2.26. The van der Waals surface area contributed by atoms with Crippen molar-refractivity contribution in [3.8, 4) is 0 Å². The van der Waals surface area contributed by atoms with Crippen LogP contribution in [0.5, 0.6) is 0 Å². The van der Waals surface area contributed by atoms with Gasteiger partial charge in [-0.2, -0.15) is 0 Å². The molecule has 0 atom stereocenters. The molecule has 0 fully saturated rings. The van der Waals surface area contributed by atoms with Gasteiger partial charge in [-0.25, -0.2) is 8.42 Å². The summed E-state index contributed by atoms with van der Waals surface area (Å²) in [5.41, 5.74) is 0.599. The lowest BCUT2D eigenvalue weighted by atomic mass is 9.94. The maximum atomic E-state index is 11.9. The fourth-order valence-electron chi connectivity index (χ4n) is 1.23. The number of nitrogens with one attached hydrogen (secondary N) is 1. The summed E-state index contributed by atoms with van der Waals surface area (Å²) in [7, 11) is -3.29. The second-order valence-electron chi connectivity index (χ2n) is 5.36. The summed E-state index contributed by atoms with van der Waals surface area (Å²) < 4.78 is 28.3. The van der Waals surface area contributed by atoms with Crippen LogP contribution in [0.1, 0.15) is 27.2 Å². The van der Waals surface area contributed by atoms with Crippen LogP contribution in [0.2, 0.25) is 0 Å². The molecule has 3 nitrogen and oxygen atoms in total. The lowest BCUT2D eigenvalue weighted by Crippen LogP contribution is -2.21. The lowest BCUT2D eigenvalue weighted by molar-refractivity contribution is 0.397. The molecule has 0 unspecified atom stereocenters. The predicted molar refractivity (Wildman–Crippen MR) is 88.3 cm³/mol. The van der Waals surface area contributed by atoms with Crippen LogP contribution >= 0.6 is 38.5 Å². The highest BCUT2D eigenvalue weighted by atomic mass is 127. The fraction of sp³-hybridized carbons (Fsp3) is 0.500. The van der Waals surface area contributed by atoms with Gasteiger partial charge in [0.15, 0.2) is 0 Å². The summed E-state index contributed by atoms with van der Waals surface area (Å²) in [4.78, 5) is 0. The number of hydrogen-bond donors (Lipinski definition) is 1. The van der Waals surface area contributed by atoms with Crippen LogP contribution in [0.4, 0.5) is 5.69 Å². The first-order chi connectivity index (χ1) is 8.09. The van der Waals surface area contributed by atoms with Gasteiger partial charge in [0.2, 0.25) is 10.0 Å². The minimum atomic E-state index is -3.29. The molecule has 102 valence electrons. The molecule has 1 aromatic rings. The lowest BCUT2D eigenvalue weighted by Gasteiger charge is -2.18. The van der Waals surface area contributed by atoms with E-state index in [1.807, 2.05) is 32.9 Å². The maximum Gasteiger partial charge on any atom is 0.232 e. The Labute approximate surface area is 131 Å². The van der Waals surface area contributed by atoms with Crippen LogP contribution in [-0.4, -0.2) is 14.2 Å². The summed E-state index contributed by atoms with van der Waals surface area (Å²) in [6.07, 6.45) is 0.629. The van der Waals surface area contributed by atoms with Crippen molar-refractivity contribution in [1.29, 1.82) is 0 Å². The number of benzene rings is 1. The molecule has 0 bridgehead atoms. The Morgan fingerprint density at radius 1 is 1.33 bits per heavy atom. The second-order valence-corrected chi connectivity index (χ2v) is 9.30. The van der Waals surface area contributed by atoms with Crippen LogP contribution in [0.3, 0.4) is 0 Å². The molecule has 0 saturated heterocycles. The minimum absolute atomic E-state index is 0.0120.